The maximum Gasteiger partial charge on any atom is 0.342 e. The van der Waals surface area contributed by atoms with E-state index in [1.54, 1.807) is 0 Å². The van der Waals surface area contributed by atoms with Gasteiger partial charge in [0.25, 0.3) is 0 Å². The molecule has 0 aliphatic rings. The lowest BCUT2D eigenvalue weighted by Crippen LogP contribution is -2.36. The largest absolute Gasteiger partial charge is 0.360 e. The van der Waals surface area contributed by atoms with Crippen LogP contribution in [-0.2, 0) is 5.41 Å². The van der Waals surface area contributed by atoms with E-state index in [1.165, 1.54) is 0 Å². The van der Waals surface area contributed by atoms with Crippen molar-refractivity contribution in [2.45, 2.75) is 5.41 Å². The molecule has 0 radical (unpaired) electrons. The SMILES string of the molecule is [N-]=[N+]=C(S)C(c1ccccc1)(c1ccccc1)c1ccc2ccccc2c1. The van der Waals surface area contributed by atoms with Gasteiger partial charge in [-0.1, -0.05) is 110 Å². The molecule has 0 N–H and O–H groups in total. The second-order valence-electron chi connectivity index (χ2n) is 6.47. The van der Waals surface area contributed by atoms with Crippen LogP contribution >= 0.6 is 12.6 Å². The summed E-state index contributed by atoms with van der Waals surface area (Å²) in [6.07, 6.45) is 0. The van der Waals surface area contributed by atoms with Crippen LogP contribution in [-0.4, -0.2) is 9.83 Å². The van der Waals surface area contributed by atoms with Crippen LogP contribution < -0.4 is 0 Å². The van der Waals surface area contributed by atoms with Gasteiger partial charge in [-0.05, 0) is 33.5 Å². The Kier molecular flexibility index (Phi) is 4.64. The number of hydrogen-bond acceptors (Lipinski definition) is 0. The number of benzene rings is 4. The van der Waals surface area contributed by atoms with Gasteiger partial charge in [-0.25, -0.2) is 0 Å². The standard InChI is InChI=1S/C24H18N2S/c25-26-23(27)24(20-11-3-1-4-12-20,21-13-5-2-6-14-21)22-16-15-18-9-7-8-10-19(18)17-22/h1-17,27H. The third kappa shape index (κ3) is 2.87. The number of fused-ring (bicyclic) bond motifs is 1. The number of hydrogen-bond donors (Lipinski definition) is 1. The summed E-state index contributed by atoms with van der Waals surface area (Å²) in [5.74, 6) is 0. The van der Waals surface area contributed by atoms with Gasteiger partial charge in [0.15, 0.2) is 5.41 Å². The van der Waals surface area contributed by atoms with Crippen molar-refractivity contribution in [2.24, 2.45) is 0 Å². The number of thiol groups is 1. The minimum atomic E-state index is -0.801. The Morgan fingerprint density at radius 2 is 1.15 bits per heavy atom. The van der Waals surface area contributed by atoms with Crippen LogP contribution in [0.5, 0.6) is 0 Å². The summed E-state index contributed by atoms with van der Waals surface area (Å²) < 4.78 is 0. The molecule has 27 heavy (non-hydrogen) atoms. The second-order valence-corrected chi connectivity index (χ2v) is 6.89. The fourth-order valence-corrected chi connectivity index (χ4v) is 4.15. The summed E-state index contributed by atoms with van der Waals surface area (Å²) in [5, 5.41) is 2.62. The van der Waals surface area contributed by atoms with Crippen LogP contribution in [0.15, 0.2) is 103 Å². The van der Waals surface area contributed by atoms with Crippen LogP contribution in [0.3, 0.4) is 0 Å². The molecule has 0 fully saturated rings. The molecule has 3 heteroatoms. The molecule has 4 aromatic carbocycles. The first kappa shape index (κ1) is 17.3. The molecule has 130 valence electrons. The quantitative estimate of drug-likeness (QED) is 0.120. The van der Waals surface area contributed by atoms with Crippen molar-refractivity contribution < 1.29 is 4.79 Å². The van der Waals surface area contributed by atoms with E-state index in [0.29, 0.717) is 5.04 Å². The fourth-order valence-electron chi connectivity index (χ4n) is 3.76. The summed E-state index contributed by atoms with van der Waals surface area (Å²) in [6, 6.07) is 34.7. The zero-order valence-corrected chi connectivity index (χ0v) is 15.6. The summed E-state index contributed by atoms with van der Waals surface area (Å²) in [5.41, 5.74) is 12.0. The van der Waals surface area contributed by atoms with E-state index in [4.69, 9.17) is 0 Å². The molecule has 4 aromatic rings. The minimum absolute atomic E-state index is 0.329. The van der Waals surface area contributed by atoms with Crippen LogP contribution in [0.1, 0.15) is 16.7 Å². The Morgan fingerprint density at radius 1 is 0.630 bits per heavy atom. The van der Waals surface area contributed by atoms with Gasteiger partial charge in [0, 0.05) is 0 Å². The van der Waals surface area contributed by atoms with E-state index >= 15 is 0 Å². The zero-order chi connectivity index (χ0) is 18.7. The Hall–Kier alpha value is -3.13. The smallest absolute Gasteiger partial charge is 0.342 e. The molecule has 0 heterocycles. The minimum Gasteiger partial charge on any atom is -0.360 e. The molecule has 0 aromatic heterocycles. The highest BCUT2D eigenvalue weighted by Gasteiger charge is 2.46. The van der Waals surface area contributed by atoms with Crippen molar-refractivity contribution in [3.63, 3.8) is 0 Å². The van der Waals surface area contributed by atoms with Gasteiger partial charge in [-0.3, -0.25) is 0 Å². The molecule has 0 amide bonds. The van der Waals surface area contributed by atoms with Crippen LogP contribution in [0.2, 0.25) is 0 Å². The summed E-state index contributed by atoms with van der Waals surface area (Å²) in [4.78, 5) is 3.55. The Morgan fingerprint density at radius 3 is 1.70 bits per heavy atom. The molecule has 4 rings (SSSR count). The second kappa shape index (κ2) is 7.24. The summed E-state index contributed by atoms with van der Waals surface area (Å²) >= 11 is 4.64. The highest BCUT2D eigenvalue weighted by atomic mass is 32.1. The Bertz CT molecular complexity index is 1090. The average Bonchev–Trinajstić information content (AvgIpc) is 2.75. The summed E-state index contributed by atoms with van der Waals surface area (Å²) in [6.45, 7) is 0. The molecular formula is C24H18N2S. The van der Waals surface area contributed by atoms with Gasteiger partial charge < -0.3 is 5.53 Å². The molecule has 0 bridgehead atoms. The summed E-state index contributed by atoms with van der Waals surface area (Å²) in [7, 11) is 0. The van der Waals surface area contributed by atoms with Gasteiger partial charge >= 0.3 is 5.04 Å². The lowest BCUT2D eigenvalue weighted by atomic mass is 9.69. The Labute approximate surface area is 164 Å². The third-order valence-electron chi connectivity index (χ3n) is 5.03. The first-order chi connectivity index (χ1) is 13.3. The van der Waals surface area contributed by atoms with Crippen LogP contribution in [0.25, 0.3) is 16.3 Å². The average molecular weight is 366 g/mol. The van der Waals surface area contributed by atoms with E-state index in [1.807, 2.05) is 72.8 Å². The van der Waals surface area contributed by atoms with Crippen molar-refractivity contribution in [1.29, 1.82) is 0 Å². The maximum absolute atomic E-state index is 9.78. The molecule has 0 saturated carbocycles. The van der Waals surface area contributed by atoms with Crippen LogP contribution in [0, 0.1) is 0 Å². The van der Waals surface area contributed by atoms with Crippen molar-refractivity contribution in [1.82, 2.24) is 0 Å². The molecule has 0 spiro atoms. The molecule has 0 aliphatic heterocycles. The van der Waals surface area contributed by atoms with Gasteiger partial charge in [-0.15, -0.1) is 0 Å². The van der Waals surface area contributed by atoms with Gasteiger partial charge in [0.2, 0.25) is 0 Å². The topological polar surface area (TPSA) is 36.4 Å². The highest BCUT2D eigenvalue weighted by Crippen LogP contribution is 2.42. The van der Waals surface area contributed by atoms with E-state index in [9.17, 15) is 5.53 Å². The lowest BCUT2D eigenvalue weighted by Gasteiger charge is -2.30. The van der Waals surface area contributed by atoms with Crippen molar-refractivity contribution >= 4 is 28.4 Å². The number of nitrogens with zero attached hydrogens (tertiary/aromatic N) is 2. The van der Waals surface area contributed by atoms with Gasteiger partial charge in [0.1, 0.15) is 0 Å². The first-order valence-electron chi connectivity index (χ1n) is 8.78. The highest BCUT2D eigenvalue weighted by molar-refractivity contribution is 7.96. The first-order valence-corrected chi connectivity index (χ1v) is 9.23. The van der Waals surface area contributed by atoms with Gasteiger partial charge in [-0.2, -0.15) is 4.79 Å². The maximum atomic E-state index is 9.78. The monoisotopic (exact) mass is 366 g/mol. The number of rotatable bonds is 4. The van der Waals surface area contributed by atoms with E-state index < -0.39 is 5.41 Å². The van der Waals surface area contributed by atoms with Crippen molar-refractivity contribution in [2.75, 3.05) is 0 Å². The lowest BCUT2D eigenvalue weighted by molar-refractivity contribution is -0.00539. The molecular weight excluding hydrogens is 348 g/mol. The normalized spacial score (nSPS) is 11.1. The third-order valence-corrected chi connectivity index (χ3v) is 5.45. The van der Waals surface area contributed by atoms with E-state index in [0.717, 1.165) is 27.5 Å². The van der Waals surface area contributed by atoms with Gasteiger partial charge in [0.05, 0.1) is 0 Å². The molecule has 2 nitrogen and oxygen atoms in total. The van der Waals surface area contributed by atoms with E-state index in [2.05, 4.69) is 47.8 Å². The fraction of sp³-hybridized carbons (Fsp3) is 0.0417. The molecule has 0 saturated heterocycles. The molecule has 0 aliphatic carbocycles. The predicted molar refractivity (Wildman–Crippen MR) is 114 cm³/mol. The van der Waals surface area contributed by atoms with Crippen molar-refractivity contribution in [3.8, 4) is 0 Å². The van der Waals surface area contributed by atoms with E-state index in [-0.39, 0.29) is 0 Å². The zero-order valence-electron chi connectivity index (χ0n) is 14.7. The van der Waals surface area contributed by atoms with Crippen LogP contribution in [0.4, 0.5) is 0 Å². The predicted octanol–water partition coefficient (Wildman–Crippen LogP) is 5.73. The van der Waals surface area contributed by atoms with Crippen molar-refractivity contribution in [3.05, 3.63) is 125 Å². The molecule has 0 atom stereocenters. The Balaban J connectivity index is 2.13. The molecule has 0 unspecified atom stereocenters.